The number of aliphatic hydroxyl groups excluding tert-OH is 1. The lowest BCUT2D eigenvalue weighted by molar-refractivity contribution is 0.0516. The van der Waals surface area contributed by atoms with E-state index in [4.69, 9.17) is 4.74 Å². The third kappa shape index (κ3) is 2.97. The van der Waals surface area contributed by atoms with E-state index < -0.39 is 12.1 Å². The maximum Gasteiger partial charge on any atom is 0.356 e. The van der Waals surface area contributed by atoms with Gasteiger partial charge in [0.15, 0.2) is 5.69 Å². The van der Waals surface area contributed by atoms with Crippen molar-refractivity contribution >= 4 is 5.97 Å². The highest BCUT2D eigenvalue weighted by Gasteiger charge is 2.19. The van der Waals surface area contributed by atoms with Crippen LogP contribution in [0.15, 0.2) is 30.7 Å². The first-order valence-electron chi connectivity index (χ1n) is 7.09. The number of para-hydroxylation sites is 1. The highest BCUT2D eigenvalue weighted by atomic mass is 16.5. The topological polar surface area (TPSA) is 64.3 Å². The number of ether oxygens (including phenoxy) is 1. The first-order chi connectivity index (χ1) is 10.1. The van der Waals surface area contributed by atoms with E-state index in [0.29, 0.717) is 12.3 Å². The SMILES string of the molecule is CCOC(=O)c1cncn1-c1c(CC)cccc1C(C)O. The monoisotopic (exact) mass is 288 g/mol. The Morgan fingerprint density at radius 1 is 1.43 bits per heavy atom. The van der Waals surface area contributed by atoms with Gasteiger partial charge < -0.3 is 9.84 Å². The molecule has 1 unspecified atom stereocenters. The largest absolute Gasteiger partial charge is 0.461 e. The van der Waals surface area contributed by atoms with Gasteiger partial charge in [-0.05, 0) is 25.8 Å². The van der Waals surface area contributed by atoms with Crippen molar-refractivity contribution in [3.8, 4) is 5.69 Å². The minimum atomic E-state index is -0.635. The number of nitrogens with zero attached hydrogens (tertiary/aromatic N) is 2. The zero-order valence-corrected chi connectivity index (χ0v) is 12.5. The quantitative estimate of drug-likeness (QED) is 0.859. The van der Waals surface area contributed by atoms with Crippen LogP contribution in [0.3, 0.4) is 0 Å². The van der Waals surface area contributed by atoms with Crippen LogP contribution in [0, 0.1) is 0 Å². The summed E-state index contributed by atoms with van der Waals surface area (Å²) >= 11 is 0. The molecule has 5 heteroatoms. The Kier molecular flexibility index (Phi) is 4.75. The van der Waals surface area contributed by atoms with Crippen molar-refractivity contribution in [3.63, 3.8) is 0 Å². The summed E-state index contributed by atoms with van der Waals surface area (Å²) in [4.78, 5) is 16.1. The van der Waals surface area contributed by atoms with E-state index in [-0.39, 0.29) is 0 Å². The molecule has 0 aliphatic rings. The highest BCUT2D eigenvalue weighted by Crippen LogP contribution is 2.27. The standard InChI is InChI=1S/C16H20N2O3/c1-4-12-7-6-8-13(11(3)19)15(12)18-10-17-9-14(18)16(20)21-5-2/h6-11,19H,4-5H2,1-3H3. The van der Waals surface area contributed by atoms with Crippen LogP contribution in [0.1, 0.15) is 48.5 Å². The molecule has 1 N–H and O–H groups in total. The lowest BCUT2D eigenvalue weighted by Crippen LogP contribution is -2.14. The Morgan fingerprint density at radius 2 is 2.19 bits per heavy atom. The van der Waals surface area contributed by atoms with Crippen LogP contribution in [0.2, 0.25) is 0 Å². The molecule has 0 aliphatic heterocycles. The van der Waals surface area contributed by atoms with Gasteiger partial charge in [-0.2, -0.15) is 0 Å². The number of hydrogen-bond donors (Lipinski definition) is 1. The molecule has 0 aliphatic carbocycles. The van der Waals surface area contributed by atoms with Crippen LogP contribution in [0.4, 0.5) is 0 Å². The molecule has 0 radical (unpaired) electrons. The van der Waals surface area contributed by atoms with Crippen LogP contribution in [0.25, 0.3) is 5.69 Å². The van der Waals surface area contributed by atoms with Gasteiger partial charge in [-0.1, -0.05) is 25.1 Å². The second-order valence-electron chi connectivity index (χ2n) is 4.75. The van der Waals surface area contributed by atoms with E-state index in [0.717, 1.165) is 23.2 Å². The molecule has 2 aromatic rings. The average Bonchev–Trinajstić information content (AvgIpc) is 2.95. The number of aliphatic hydroxyl groups is 1. The maximum atomic E-state index is 12.0. The van der Waals surface area contributed by atoms with Gasteiger partial charge in [0.05, 0.1) is 30.9 Å². The molecule has 1 aromatic carbocycles. The number of hydrogen-bond acceptors (Lipinski definition) is 4. The zero-order chi connectivity index (χ0) is 15.4. The molecule has 112 valence electrons. The Labute approximate surface area is 124 Å². The van der Waals surface area contributed by atoms with Crippen LogP contribution >= 0.6 is 0 Å². The van der Waals surface area contributed by atoms with Gasteiger partial charge in [-0.15, -0.1) is 0 Å². The van der Waals surface area contributed by atoms with Crippen molar-refractivity contribution in [2.24, 2.45) is 0 Å². The van der Waals surface area contributed by atoms with E-state index in [9.17, 15) is 9.90 Å². The summed E-state index contributed by atoms with van der Waals surface area (Å²) in [6.07, 6.45) is 3.21. The summed E-state index contributed by atoms with van der Waals surface area (Å²) < 4.78 is 6.75. The van der Waals surface area contributed by atoms with Crippen LogP contribution in [-0.4, -0.2) is 27.2 Å². The number of esters is 1. The molecular formula is C16H20N2O3. The van der Waals surface area contributed by atoms with Gasteiger partial charge >= 0.3 is 5.97 Å². The normalized spacial score (nSPS) is 12.2. The Hall–Kier alpha value is -2.14. The van der Waals surface area contributed by atoms with Crippen molar-refractivity contribution < 1.29 is 14.6 Å². The van der Waals surface area contributed by atoms with E-state index in [1.54, 1.807) is 24.7 Å². The fraction of sp³-hybridized carbons (Fsp3) is 0.375. The predicted octanol–water partition coefficient (Wildman–Crippen LogP) is 2.66. The van der Waals surface area contributed by atoms with Crippen LogP contribution < -0.4 is 0 Å². The fourth-order valence-corrected chi connectivity index (χ4v) is 2.36. The molecule has 21 heavy (non-hydrogen) atoms. The molecular weight excluding hydrogens is 268 g/mol. The second kappa shape index (κ2) is 6.54. The van der Waals surface area contributed by atoms with Crippen molar-refractivity contribution in [1.29, 1.82) is 0 Å². The number of benzene rings is 1. The van der Waals surface area contributed by atoms with Crippen molar-refractivity contribution in [2.45, 2.75) is 33.3 Å². The first-order valence-corrected chi connectivity index (χ1v) is 7.09. The summed E-state index contributed by atoms with van der Waals surface area (Å²) in [5, 5.41) is 10.0. The molecule has 1 heterocycles. The van der Waals surface area contributed by atoms with E-state index >= 15 is 0 Å². The second-order valence-corrected chi connectivity index (χ2v) is 4.75. The first kappa shape index (κ1) is 15.3. The molecule has 0 spiro atoms. The summed E-state index contributed by atoms with van der Waals surface area (Å²) in [6, 6.07) is 5.75. The molecule has 2 rings (SSSR count). The molecule has 0 fully saturated rings. The Bertz CT molecular complexity index is 632. The number of rotatable bonds is 5. The molecule has 5 nitrogen and oxygen atoms in total. The maximum absolute atomic E-state index is 12.0. The predicted molar refractivity (Wildman–Crippen MR) is 79.5 cm³/mol. The van der Waals surface area contributed by atoms with Crippen molar-refractivity contribution in [1.82, 2.24) is 9.55 Å². The minimum Gasteiger partial charge on any atom is -0.461 e. The Balaban J connectivity index is 2.62. The third-order valence-electron chi connectivity index (χ3n) is 3.35. The lowest BCUT2D eigenvalue weighted by atomic mass is 10.0. The van der Waals surface area contributed by atoms with E-state index in [2.05, 4.69) is 4.98 Å². The number of imidazole rings is 1. The van der Waals surface area contributed by atoms with E-state index in [1.807, 2.05) is 25.1 Å². The smallest absolute Gasteiger partial charge is 0.356 e. The van der Waals surface area contributed by atoms with Gasteiger partial charge in [-0.25, -0.2) is 9.78 Å². The highest BCUT2D eigenvalue weighted by molar-refractivity contribution is 5.88. The molecule has 1 aromatic heterocycles. The van der Waals surface area contributed by atoms with Gasteiger partial charge in [0.2, 0.25) is 0 Å². The molecule has 1 atom stereocenters. The number of aromatic nitrogens is 2. The third-order valence-corrected chi connectivity index (χ3v) is 3.35. The number of carbonyl (C=O) groups excluding carboxylic acids is 1. The summed E-state index contributed by atoms with van der Waals surface area (Å²) in [6.45, 7) is 5.81. The average molecular weight is 288 g/mol. The summed E-state index contributed by atoms with van der Waals surface area (Å²) in [5.41, 5.74) is 2.96. The number of carbonyl (C=O) groups is 1. The fourth-order valence-electron chi connectivity index (χ4n) is 2.36. The molecule has 0 amide bonds. The van der Waals surface area contributed by atoms with Crippen molar-refractivity contribution in [2.75, 3.05) is 6.61 Å². The molecule has 0 saturated carbocycles. The Morgan fingerprint density at radius 3 is 2.81 bits per heavy atom. The molecule has 0 saturated heterocycles. The summed E-state index contributed by atoms with van der Waals surface area (Å²) in [5.74, 6) is -0.419. The van der Waals surface area contributed by atoms with Crippen LogP contribution in [0.5, 0.6) is 0 Å². The minimum absolute atomic E-state index is 0.308. The van der Waals surface area contributed by atoms with Crippen LogP contribution in [-0.2, 0) is 11.2 Å². The number of aryl methyl sites for hydroxylation is 1. The van der Waals surface area contributed by atoms with E-state index in [1.165, 1.54) is 6.20 Å². The van der Waals surface area contributed by atoms with Gasteiger partial charge in [0, 0.05) is 5.56 Å². The molecule has 0 bridgehead atoms. The summed E-state index contributed by atoms with van der Waals surface area (Å²) in [7, 11) is 0. The van der Waals surface area contributed by atoms with Crippen molar-refractivity contribution in [3.05, 3.63) is 47.5 Å². The van der Waals surface area contributed by atoms with Gasteiger partial charge in [-0.3, -0.25) is 4.57 Å². The zero-order valence-electron chi connectivity index (χ0n) is 12.5. The van der Waals surface area contributed by atoms with Gasteiger partial charge in [0.1, 0.15) is 0 Å². The lowest BCUT2D eigenvalue weighted by Gasteiger charge is -2.18. The van der Waals surface area contributed by atoms with Gasteiger partial charge in [0.25, 0.3) is 0 Å².